The summed E-state index contributed by atoms with van der Waals surface area (Å²) in [5.41, 5.74) is -1.79. The fourth-order valence-electron chi connectivity index (χ4n) is 4.19. The van der Waals surface area contributed by atoms with Gasteiger partial charge in [-0.1, -0.05) is 43.5 Å². The van der Waals surface area contributed by atoms with Crippen molar-refractivity contribution in [1.29, 1.82) is 0 Å². The molecule has 196 valence electrons. The smallest absolute Gasteiger partial charge is 0.305 e. The highest BCUT2D eigenvalue weighted by molar-refractivity contribution is 6.41. The van der Waals surface area contributed by atoms with Crippen molar-refractivity contribution < 1.29 is 43.2 Å². The second-order valence-electron chi connectivity index (χ2n) is 8.84. The number of carbonyl (C=O) groups excluding carboxylic acids is 4. The quantitative estimate of drug-likeness (QED) is 0.0705. The molecule has 2 fully saturated rings. The Balaban J connectivity index is 2.32. The number of rotatable bonds is 14. The molecule has 1 saturated heterocycles. The highest BCUT2D eigenvalue weighted by Gasteiger charge is 2.78. The van der Waals surface area contributed by atoms with Crippen molar-refractivity contribution in [2.24, 2.45) is 0 Å². The van der Waals surface area contributed by atoms with Crippen molar-refractivity contribution in [2.45, 2.75) is 101 Å². The van der Waals surface area contributed by atoms with Crippen molar-refractivity contribution in [1.82, 2.24) is 0 Å². The molecule has 0 aromatic rings. The number of methoxy groups -OCH3 is 1. The predicted molar refractivity (Wildman–Crippen MR) is 126 cm³/mol. The number of unbranched alkanes of at least 4 members (excludes halogenated alkanes) is 3. The Kier molecular flexibility index (Phi) is 10.5. The maximum absolute atomic E-state index is 13.0. The van der Waals surface area contributed by atoms with E-state index in [2.05, 4.69) is 11.7 Å². The average Bonchev–Trinajstić information content (AvgIpc) is 3.47. The second kappa shape index (κ2) is 12.6. The number of ether oxygens (including phenoxy) is 4. The van der Waals surface area contributed by atoms with E-state index in [0.717, 1.165) is 25.7 Å². The third-order valence-corrected chi connectivity index (χ3v) is 6.47. The van der Waals surface area contributed by atoms with E-state index in [4.69, 9.17) is 25.8 Å². The van der Waals surface area contributed by atoms with Crippen LogP contribution in [0.2, 0.25) is 0 Å². The monoisotopic (exact) mass is 514 g/mol. The number of halogens is 1. The number of carbonyl (C=O) groups is 4. The van der Waals surface area contributed by atoms with E-state index in [1.165, 1.54) is 27.0 Å². The number of ketones is 1. The third-order valence-electron chi connectivity index (χ3n) is 6.01. The minimum atomic E-state index is -1.73. The van der Waals surface area contributed by atoms with Crippen LogP contribution in [0.5, 0.6) is 0 Å². The predicted octanol–water partition coefficient (Wildman–Crippen LogP) is 3.29. The molecule has 35 heavy (non-hydrogen) atoms. The molecule has 1 saturated carbocycles. The van der Waals surface area contributed by atoms with Gasteiger partial charge < -0.3 is 24.1 Å². The van der Waals surface area contributed by atoms with E-state index in [9.17, 15) is 24.3 Å². The summed E-state index contributed by atoms with van der Waals surface area (Å²) >= 11 is 6.30. The Morgan fingerprint density at radius 3 is 2.43 bits per heavy atom. The molecule has 0 aromatic carbocycles. The summed E-state index contributed by atoms with van der Waals surface area (Å²) < 4.78 is 20.7. The molecule has 2 aliphatic rings. The Hall–Kier alpha value is -2.23. The van der Waals surface area contributed by atoms with Gasteiger partial charge in [0.2, 0.25) is 10.8 Å². The van der Waals surface area contributed by atoms with E-state index in [0.29, 0.717) is 0 Å². The summed E-state index contributed by atoms with van der Waals surface area (Å²) in [6.45, 7) is 4.48. The van der Waals surface area contributed by atoms with Crippen LogP contribution in [0, 0.1) is 0 Å². The number of fused-ring (bicyclic) bond motifs is 1. The van der Waals surface area contributed by atoms with Crippen LogP contribution in [-0.2, 0) is 38.1 Å². The van der Waals surface area contributed by atoms with E-state index < -0.39 is 52.7 Å². The lowest BCUT2D eigenvalue weighted by molar-refractivity contribution is -0.162. The van der Waals surface area contributed by atoms with E-state index in [1.54, 1.807) is 6.08 Å². The van der Waals surface area contributed by atoms with Gasteiger partial charge in [0.1, 0.15) is 17.8 Å². The average molecular weight is 515 g/mol. The van der Waals surface area contributed by atoms with Gasteiger partial charge in [0.15, 0.2) is 6.10 Å². The van der Waals surface area contributed by atoms with Crippen molar-refractivity contribution in [3.63, 3.8) is 0 Å². The third kappa shape index (κ3) is 7.38. The lowest BCUT2D eigenvalue weighted by Crippen LogP contribution is -2.39. The zero-order valence-corrected chi connectivity index (χ0v) is 21.5. The van der Waals surface area contributed by atoms with E-state index >= 15 is 0 Å². The lowest BCUT2D eigenvalue weighted by Gasteiger charge is -2.28. The molecule has 0 aromatic heterocycles. The summed E-state index contributed by atoms with van der Waals surface area (Å²) in [5, 5.41) is 9.80. The Labute approximate surface area is 210 Å². The van der Waals surface area contributed by atoms with Gasteiger partial charge in [-0.05, 0) is 31.8 Å². The number of aliphatic hydroxyl groups is 1. The Morgan fingerprint density at radius 1 is 1.14 bits per heavy atom. The fourth-order valence-corrected chi connectivity index (χ4v) is 4.56. The maximum atomic E-state index is 13.0. The van der Waals surface area contributed by atoms with Crippen LogP contribution < -0.4 is 0 Å². The first-order chi connectivity index (χ1) is 16.5. The molecule has 1 aliphatic heterocycles. The van der Waals surface area contributed by atoms with Crippen molar-refractivity contribution >= 4 is 35.3 Å². The molecule has 5 atom stereocenters. The van der Waals surface area contributed by atoms with Gasteiger partial charge in [-0.3, -0.25) is 19.2 Å². The van der Waals surface area contributed by atoms with Crippen LogP contribution >= 0.6 is 11.6 Å². The summed E-state index contributed by atoms with van der Waals surface area (Å²) in [6, 6.07) is 0. The first-order valence-electron chi connectivity index (χ1n) is 11.9. The number of allylic oxidation sites excluding steroid dienone is 1. The standard InChI is InChI=1S/C25H35ClO9/c1-5-6-7-8-9-10-14-24(31)18(22(30)25(26)23(24)35-25)15-20(34-17(3)28)19(33-16(2)27)12-11-13-21(29)32-4/h9-10,15,19-20,23,31H,5-8,11-14H2,1-4H3/b10-9+,18-15+/t19-,20-,23+,24-,25-/m0/s1. The summed E-state index contributed by atoms with van der Waals surface area (Å²) in [6.07, 6.45) is 6.44. The van der Waals surface area contributed by atoms with E-state index in [-0.39, 0.29) is 31.3 Å². The second-order valence-corrected chi connectivity index (χ2v) is 9.40. The molecular weight excluding hydrogens is 480 g/mol. The van der Waals surface area contributed by atoms with Gasteiger partial charge in [-0.15, -0.1) is 0 Å². The molecule has 1 N–H and O–H groups in total. The SMILES string of the molecule is CCCCC/C=C/C[C@]1(O)/C(=C/[C@H](OC(C)=O)[C@H](CCCC(=O)OC)OC(C)=O)C(=O)[C@]2(Cl)O[C@@H]21. The summed E-state index contributed by atoms with van der Waals surface area (Å²) in [4.78, 5) is 48.1. The minimum Gasteiger partial charge on any atom is -0.469 e. The molecule has 0 bridgehead atoms. The molecule has 1 heterocycles. The number of alkyl halides is 1. The Bertz CT molecular complexity index is 867. The number of Topliss-reactive ketones (excluding diaryl/α,β-unsaturated/α-hetero) is 1. The van der Waals surface area contributed by atoms with Gasteiger partial charge in [0.25, 0.3) is 0 Å². The van der Waals surface area contributed by atoms with Gasteiger partial charge in [-0.2, -0.15) is 0 Å². The molecule has 0 amide bonds. The molecule has 0 spiro atoms. The first kappa shape index (κ1) is 29.0. The van der Waals surface area contributed by atoms with Crippen molar-refractivity contribution in [3.8, 4) is 0 Å². The number of esters is 3. The van der Waals surface area contributed by atoms with Gasteiger partial charge >= 0.3 is 17.9 Å². The fraction of sp³-hybridized carbons (Fsp3) is 0.680. The van der Waals surface area contributed by atoms with Crippen LogP contribution in [0.15, 0.2) is 23.8 Å². The lowest BCUT2D eigenvalue weighted by atomic mass is 9.89. The van der Waals surface area contributed by atoms with Crippen molar-refractivity contribution in [3.05, 3.63) is 23.8 Å². The van der Waals surface area contributed by atoms with Crippen LogP contribution in [-0.4, -0.2) is 64.9 Å². The molecule has 1 aliphatic carbocycles. The maximum Gasteiger partial charge on any atom is 0.305 e. The molecular formula is C25H35ClO9. The normalized spacial score (nSPS) is 28.0. The zero-order chi connectivity index (χ0) is 26.2. The van der Waals surface area contributed by atoms with Crippen LogP contribution in [0.3, 0.4) is 0 Å². The molecule has 9 nitrogen and oxygen atoms in total. The summed E-state index contributed by atoms with van der Waals surface area (Å²) in [5.74, 6) is -2.38. The highest BCUT2D eigenvalue weighted by atomic mass is 35.5. The highest BCUT2D eigenvalue weighted by Crippen LogP contribution is 2.59. The van der Waals surface area contributed by atoms with Gasteiger partial charge in [0.05, 0.1) is 7.11 Å². The topological polar surface area (TPSA) is 129 Å². The molecule has 0 unspecified atom stereocenters. The summed E-state index contributed by atoms with van der Waals surface area (Å²) in [7, 11) is 1.26. The van der Waals surface area contributed by atoms with Crippen molar-refractivity contribution in [2.75, 3.05) is 7.11 Å². The minimum absolute atomic E-state index is 0.0571. The van der Waals surface area contributed by atoms with Gasteiger partial charge in [-0.25, -0.2) is 0 Å². The number of hydrogen-bond donors (Lipinski definition) is 1. The Morgan fingerprint density at radius 2 is 1.83 bits per heavy atom. The van der Waals surface area contributed by atoms with Gasteiger partial charge in [0, 0.05) is 32.3 Å². The number of epoxide rings is 1. The van der Waals surface area contributed by atoms with Crippen LogP contribution in [0.4, 0.5) is 0 Å². The molecule has 2 rings (SSSR count). The van der Waals surface area contributed by atoms with E-state index in [1.807, 2.05) is 6.08 Å². The molecule has 10 heteroatoms. The zero-order valence-electron chi connectivity index (χ0n) is 20.7. The van der Waals surface area contributed by atoms with Crippen LogP contribution in [0.25, 0.3) is 0 Å². The first-order valence-corrected chi connectivity index (χ1v) is 12.3. The van der Waals surface area contributed by atoms with Crippen LogP contribution in [0.1, 0.15) is 72.1 Å². The molecule has 0 radical (unpaired) electrons. The largest absolute Gasteiger partial charge is 0.469 e. The number of hydrogen-bond acceptors (Lipinski definition) is 9.